The van der Waals surface area contributed by atoms with E-state index in [1.54, 1.807) is 0 Å². The summed E-state index contributed by atoms with van der Waals surface area (Å²) in [6.45, 7) is 2.87. The molecule has 0 spiro atoms. The lowest BCUT2D eigenvalue weighted by atomic mass is 10.1. The zero-order valence-electron chi connectivity index (χ0n) is 19.3. The number of carbonyl (C=O) groups excluding carboxylic acids is 1. The molecule has 0 aromatic heterocycles. The number of quaternary nitrogens is 1. The van der Waals surface area contributed by atoms with E-state index < -0.39 is 24.1 Å². The molecule has 0 aromatic rings. The van der Waals surface area contributed by atoms with Crippen LogP contribution in [0.1, 0.15) is 90.4 Å². The van der Waals surface area contributed by atoms with Gasteiger partial charge in [0.15, 0.2) is 5.72 Å². The Morgan fingerprint density at radius 1 is 0.828 bits per heavy atom. The Bertz CT molecular complexity index is 452. The highest BCUT2D eigenvalue weighted by molar-refractivity contribution is 5.76. The van der Waals surface area contributed by atoms with E-state index in [0.29, 0.717) is 11.0 Å². The van der Waals surface area contributed by atoms with Gasteiger partial charge in [0, 0.05) is 6.54 Å². The smallest absolute Gasteiger partial charge is 0.317 e. The minimum atomic E-state index is -1.77. The monoisotopic (exact) mass is 416 g/mol. The van der Waals surface area contributed by atoms with Crippen LogP contribution in [-0.4, -0.2) is 66.7 Å². The van der Waals surface area contributed by atoms with Crippen LogP contribution in [0.4, 0.5) is 4.79 Å². The number of urea groups is 1. The summed E-state index contributed by atoms with van der Waals surface area (Å²) in [5.41, 5.74) is -1.77. The number of nitrogens with one attached hydrogen (secondary N) is 2. The second-order valence-corrected chi connectivity index (χ2v) is 9.32. The van der Waals surface area contributed by atoms with Gasteiger partial charge >= 0.3 is 12.0 Å². The average molecular weight is 417 g/mol. The van der Waals surface area contributed by atoms with Gasteiger partial charge in [0.05, 0.1) is 27.6 Å². The fraction of sp³-hybridized carbons (Fsp3) is 0.909. The van der Waals surface area contributed by atoms with Crippen molar-refractivity contribution in [3.8, 4) is 0 Å². The predicted molar refractivity (Wildman–Crippen MR) is 118 cm³/mol. The van der Waals surface area contributed by atoms with E-state index in [-0.39, 0.29) is 6.54 Å². The SMILES string of the molecule is CCCCCCCCCCCCCCNC(=O)N[C@@](O)(CC(=O)O)C[N+](C)(C)C. The van der Waals surface area contributed by atoms with Gasteiger partial charge in [-0.3, -0.25) is 4.79 Å². The van der Waals surface area contributed by atoms with E-state index in [2.05, 4.69) is 17.6 Å². The number of unbranched alkanes of at least 4 members (excludes halogenated alkanes) is 11. The highest BCUT2D eigenvalue weighted by Gasteiger charge is 2.37. The maximum atomic E-state index is 12.0. The van der Waals surface area contributed by atoms with Gasteiger partial charge in [-0.2, -0.15) is 0 Å². The van der Waals surface area contributed by atoms with Crippen molar-refractivity contribution >= 4 is 12.0 Å². The van der Waals surface area contributed by atoms with Gasteiger partial charge in [-0.15, -0.1) is 0 Å². The molecule has 2 amide bonds. The second-order valence-electron chi connectivity index (χ2n) is 9.32. The van der Waals surface area contributed by atoms with E-state index in [4.69, 9.17) is 5.11 Å². The Balaban J connectivity index is 3.80. The first-order chi connectivity index (χ1) is 13.6. The standard InChI is InChI=1S/C22H45N3O4/c1-5-6-7-8-9-10-11-12-13-14-15-16-17-23-21(28)24-22(29,18-20(26)27)19-25(2,3)4/h29H,5-19H2,1-4H3,(H2-,23,24,26,27,28)/p+1/t22-/m1/s1. The Labute approximate surface area is 177 Å². The lowest BCUT2D eigenvalue weighted by molar-refractivity contribution is -0.877. The molecular formula is C22H46N3O4+. The summed E-state index contributed by atoms with van der Waals surface area (Å²) in [5, 5.41) is 24.7. The average Bonchev–Trinajstić information content (AvgIpc) is 2.56. The van der Waals surface area contributed by atoms with Crippen LogP contribution in [0.25, 0.3) is 0 Å². The summed E-state index contributed by atoms with van der Waals surface area (Å²) in [5.74, 6) is -1.15. The topological polar surface area (TPSA) is 98.7 Å². The third-order valence-corrected chi connectivity index (χ3v) is 4.84. The zero-order chi connectivity index (χ0) is 22.2. The number of nitrogens with zero attached hydrogens (tertiary/aromatic N) is 1. The van der Waals surface area contributed by atoms with Gasteiger partial charge in [-0.25, -0.2) is 4.79 Å². The Morgan fingerprint density at radius 3 is 1.69 bits per heavy atom. The highest BCUT2D eigenvalue weighted by atomic mass is 16.4. The fourth-order valence-corrected chi connectivity index (χ4v) is 3.60. The summed E-state index contributed by atoms with van der Waals surface area (Å²) in [6.07, 6.45) is 14.6. The van der Waals surface area contributed by atoms with Crippen LogP contribution in [0.2, 0.25) is 0 Å². The van der Waals surface area contributed by atoms with Crippen LogP contribution in [0.15, 0.2) is 0 Å². The van der Waals surface area contributed by atoms with Crippen molar-refractivity contribution < 1.29 is 24.3 Å². The van der Waals surface area contributed by atoms with Crippen LogP contribution in [0.3, 0.4) is 0 Å². The van der Waals surface area contributed by atoms with Gasteiger partial charge in [0.25, 0.3) is 0 Å². The van der Waals surface area contributed by atoms with Crippen LogP contribution >= 0.6 is 0 Å². The summed E-state index contributed by atoms with van der Waals surface area (Å²) in [7, 11) is 5.50. The number of carbonyl (C=O) groups is 2. The molecule has 0 saturated heterocycles. The van der Waals surface area contributed by atoms with Crippen molar-refractivity contribution in [2.45, 2.75) is 96.1 Å². The van der Waals surface area contributed by atoms with Crippen molar-refractivity contribution in [3.63, 3.8) is 0 Å². The molecule has 0 saturated carbocycles. The van der Waals surface area contributed by atoms with Crippen LogP contribution < -0.4 is 10.6 Å². The number of rotatable bonds is 18. The molecule has 7 heteroatoms. The molecule has 4 N–H and O–H groups in total. The summed E-state index contributed by atoms with van der Waals surface area (Å²) >= 11 is 0. The van der Waals surface area contributed by atoms with Crippen LogP contribution in [0, 0.1) is 0 Å². The molecule has 29 heavy (non-hydrogen) atoms. The number of hydrogen-bond acceptors (Lipinski definition) is 3. The predicted octanol–water partition coefficient (Wildman–Crippen LogP) is 3.86. The van der Waals surface area contributed by atoms with Gasteiger partial charge in [0.1, 0.15) is 6.54 Å². The van der Waals surface area contributed by atoms with Gasteiger partial charge in [-0.05, 0) is 6.42 Å². The lowest BCUT2D eigenvalue weighted by Gasteiger charge is -2.35. The zero-order valence-corrected chi connectivity index (χ0v) is 19.3. The number of likely N-dealkylation sites (N-methyl/N-ethyl adjacent to an activating group) is 1. The lowest BCUT2D eigenvalue weighted by Crippen LogP contribution is -2.61. The Morgan fingerprint density at radius 2 is 1.28 bits per heavy atom. The first-order valence-electron chi connectivity index (χ1n) is 11.4. The highest BCUT2D eigenvalue weighted by Crippen LogP contribution is 2.12. The quantitative estimate of drug-likeness (QED) is 0.155. The van der Waals surface area contributed by atoms with Gasteiger partial charge in [0.2, 0.25) is 0 Å². The molecule has 0 unspecified atom stereocenters. The molecule has 0 aliphatic heterocycles. The molecule has 7 nitrogen and oxygen atoms in total. The molecule has 0 aliphatic rings. The maximum Gasteiger partial charge on any atom is 0.317 e. The van der Waals surface area contributed by atoms with E-state index in [1.807, 2.05) is 21.1 Å². The third-order valence-electron chi connectivity index (χ3n) is 4.84. The number of aliphatic carboxylic acids is 1. The molecule has 1 atom stereocenters. The molecule has 0 aliphatic carbocycles. The normalized spacial score (nSPS) is 13.7. The van der Waals surface area contributed by atoms with Crippen LogP contribution in [-0.2, 0) is 4.79 Å². The minimum absolute atomic E-state index is 0.103. The van der Waals surface area contributed by atoms with Crippen molar-refractivity contribution in [2.24, 2.45) is 0 Å². The largest absolute Gasteiger partial charge is 0.481 e. The number of carboxylic acids is 1. The van der Waals surface area contributed by atoms with Crippen LogP contribution in [0.5, 0.6) is 0 Å². The Hall–Kier alpha value is -1.34. The number of aliphatic hydroxyl groups is 1. The van der Waals surface area contributed by atoms with E-state index in [0.717, 1.165) is 12.8 Å². The van der Waals surface area contributed by atoms with E-state index >= 15 is 0 Å². The summed E-state index contributed by atoms with van der Waals surface area (Å²) in [6, 6.07) is -0.523. The summed E-state index contributed by atoms with van der Waals surface area (Å²) < 4.78 is 0.336. The van der Waals surface area contributed by atoms with Crippen molar-refractivity contribution in [1.82, 2.24) is 10.6 Å². The first kappa shape index (κ1) is 27.7. The molecule has 0 bridgehead atoms. The summed E-state index contributed by atoms with van der Waals surface area (Å²) in [4.78, 5) is 23.1. The third kappa shape index (κ3) is 18.4. The maximum absolute atomic E-state index is 12.0. The Kier molecular flexibility index (Phi) is 14.8. The number of amides is 2. The van der Waals surface area contributed by atoms with Crippen molar-refractivity contribution in [2.75, 3.05) is 34.2 Å². The second kappa shape index (κ2) is 15.5. The molecular weight excluding hydrogens is 370 g/mol. The molecule has 0 fully saturated rings. The molecule has 0 rings (SSSR count). The van der Waals surface area contributed by atoms with Gasteiger partial charge in [-0.1, -0.05) is 77.6 Å². The van der Waals surface area contributed by atoms with Crippen molar-refractivity contribution in [3.05, 3.63) is 0 Å². The minimum Gasteiger partial charge on any atom is -0.481 e. The molecule has 172 valence electrons. The van der Waals surface area contributed by atoms with Crippen molar-refractivity contribution in [1.29, 1.82) is 0 Å². The number of hydrogen-bond donors (Lipinski definition) is 4. The van der Waals surface area contributed by atoms with E-state index in [1.165, 1.54) is 64.2 Å². The molecule has 0 radical (unpaired) electrons. The molecule has 0 aromatic carbocycles. The van der Waals surface area contributed by atoms with E-state index in [9.17, 15) is 14.7 Å². The van der Waals surface area contributed by atoms with Gasteiger partial charge < -0.3 is 25.3 Å². The first-order valence-corrected chi connectivity index (χ1v) is 11.4. The molecule has 0 heterocycles. The fourth-order valence-electron chi connectivity index (χ4n) is 3.60. The number of carboxylic acid groups (broad SMARTS) is 1.